The number of benzene rings is 1. The van der Waals surface area contributed by atoms with Crippen LogP contribution in [0.4, 0.5) is 0 Å². The molecule has 0 radical (unpaired) electrons. The minimum atomic E-state index is -0.218. The van der Waals surface area contributed by atoms with Crippen LogP contribution in [0.1, 0.15) is 41.6 Å². The minimum Gasteiger partial charge on any atom is -0.355 e. The maximum atomic E-state index is 12.6. The van der Waals surface area contributed by atoms with Crippen molar-refractivity contribution in [1.82, 2.24) is 15.3 Å². The molecule has 142 valence electrons. The van der Waals surface area contributed by atoms with Gasteiger partial charge in [-0.1, -0.05) is 49.0 Å². The van der Waals surface area contributed by atoms with Gasteiger partial charge in [-0.05, 0) is 44.7 Å². The molecule has 3 rings (SSSR count). The van der Waals surface area contributed by atoms with Crippen LogP contribution in [0.2, 0.25) is 0 Å². The molecule has 0 bridgehead atoms. The molecule has 1 aromatic carbocycles. The van der Waals surface area contributed by atoms with E-state index in [1.165, 1.54) is 27.8 Å². The fraction of sp³-hybridized carbons (Fsp3) is 0.381. The van der Waals surface area contributed by atoms with Gasteiger partial charge in [-0.25, -0.2) is 9.97 Å². The molecule has 0 aliphatic rings. The lowest BCUT2D eigenvalue weighted by Gasteiger charge is -2.16. The standard InChI is InChI=1S/C21H25N3OS2/c1-12(17-9-7-6-8-10-17)11-22-19(25)15(4)27-21-18-13(2)14(3)26-20(18)23-16(5)24-21/h6-10,12,15H,11H2,1-5H3,(H,22,25)/t12-,15+/m0/s1. The second-order valence-corrected chi connectivity index (χ2v) is 9.39. The number of rotatable bonds is 6. The predicted octanol–water partition coefficient (Wildman–Crippen LogP) is 5.02. The summed E-state index contributed by atoms with van der Waals surface area (Å²) >= 11 is 3.20. The van der Waals surface area contributed by atoms with Crippen LogP contribution in [0.3, 0.4) is 0 Å². The molecular weight excluding hydrogens is 374 g/mol. The third-order valence-corrected chi connectivity index (χ3v) is 6.90. The highest BCUT2D eigenvalue weighted by Crippen LogP contribution is 2.36. The first-order valence-electron chi connectivity index (χ1n) is 9.10. The number of hydrogen-bond donors (Lipinski definition) is 1. The van der Waals surface area contributed by atoms with E-state index in [2.05, 4.69) is 48.2 Å². The highest BCUT2D eigenvalue weighted by atomic mass is 32.2. The average molecular weight is 400 g/mol. The van der Waals surface area contributed by atoms with Crippen molar-refractivity contribution < 1.29 is 4.79 Å². The third kappa shape index (κ3) is 4.50. The Morgan fingerprint density at radius 2 is 1.85 bits per heavy atom. The Kier molecular flexibility index (Phi) is 6.17. The molecule has 2 aromatic heterocycles. The number of amides is 1. The van der Waals surface area contributed by atoms with E-state index in [0.29, 0.717) is 6.54 Å². The molecule has 0 spiro atoms. The number of aromatic nitrogens is 2. The molecule has 2 atom stereocenters. The largest absolute Gasteiger partial charge is 0.355 e. The minimum absolute atomic E-state index is 0.0387. The molecule has 27 heavy (non-hydrogen) atoms. The number of nitrogens with one attached hydrogen (secondary N) is 1. The van der Waals surface area contributed by atoms with Crippen molar-refractivity contribution in [3.63, 3.8) is 0 Å². The number of nitrogens with zero attached hydrogens (tertiary/aromatic N) is 2. The zero-order valence-corrected chi connectivity index (χ0v) is 18.0. The van der Waals surface area contributed by atoms with Gasteiger partial charge in [-0.2, -0.15) is 0 Å². The van der Waals surface area contributed by atoms with Gasteiger partial charge in [0.05, 0.1) is 5.25 Å². The van der Waals surface area contributed by atoms with Gasteiger partial charge in [0.15, 0.2) is 0 Å². The summed E-state index contributed by atoms with van der Waals surface area (Å²) < 4.78 is 0. The molecule has 0 fully saturated rings. The van der Waals surface area contributed by atoms with Crippen molar-refractivity contribution in [1.29, 1.82) is 0 Å². The van der Waals surface area contributed by atoms with Crippen molar-refractivity contribution in [3.05, 3.63) is 52.2 Å². The van der Waals surface area contributed by atoms with E-state index in [1.54, 1.807) is 11.3 Å². The van der Waals surface area contributed by atoms with E-state index in [1.807, 2.05) is 32.0 Å². The lowest BCUT2D eigenvalue weighted by molar-refractivity contribution is -0.120. The van der Waals surface area contributed by atoms with Crippen LogP contribution in [0, 0.1) is 20.8 Å². The summed E-state index contributed by atoms with van der Waals surface area (Å²) in [6, 6.07) is 10.3. The Morgan fingerprint density at radius 3 is 2.56 bits per heavy atom. The zero-order valence-electron chi connectivity index (χ0n) is 16.4. The molecule has 0 aliphatic heterocycles. The fourth-order valence-corrected chi connectivity index (χ4v) is 5.13. The monoisotopic (exact) mass is 399 g/mol. The Morgan fingerprint density at radius 1 is 1.15 bits per heavy atom. The van der Waals surface area contributed by atoms with Crippen LogP contribution in [-0.2, 0) is 4.79 Å². The summed E-state index contributed by atoms with van der Waals surface area (Å²) in [5, 5.41) is 4.85. The Balaban J connectivity index is 1.69. The summed E-state index contributed by atoms with van der Waals surface area (Å²) in [4.78, 5) is 24.1. The highest BCUT2D eigenvalue weighted by molar-refractivity contribution is 8.00. The average Bonchev–Trinajstić information content (AvgIpc) is 2.93. The van der Waals surface area contributed by atoms with E-state index in [-0.39, 0.29) is 17.1 Å². The second kappa shape index (κ2) is 8.40. The van der Waals surface area contributed by atoms with Gasteiger partial charge in [0.25, 0.3) is 0 Å². The topological polar surface area (TPSA) is 54.9 Å². The second-order valence-electron chi connectivity index (χ2n) is 6.86. The SMILES string of the molecule is Cc1nc(S[C@H](C)C(=O)NC[C@H](C)c2ccccc2)c2c(C)c(C)sc2n1. The molecule has 4 nitrogen and oxygen atoms in total. The van der Waals surface area contributed by atoms with Crippen LogP contribution in [0.5, 0.6) is 0 Å². The first-order valence-corrected chi connectivity index (χ1v) is 10.8. The maximum absolute atomic E-state index is 12.6. The molecule has 0 saturated carbocycles. The summed E-state index contributed by atoms with van der Waals surface area (Å²) in [6.07, 6.45) is 0. The quantitative estimate of drug-likeness (QED) is 0.467. The zero-order chi connectivity index (χ0) is 19.6. The first-order chi connectivity index (χ1) is 12.9. The highest BCUT2D eigenvalue weighted by Gasteiger charge is 2.20. The van der Waals surface area contributed by atoms with Gasteiger partial charge >= 0.3 is 0 Å². The summed E-state index contributed by atoms with van der Waals surface area (Å²) in [7, 11) is 0. The van der Waals surface area contributed by atoms with E-state index >= 15 is 0 Å². The van der Waals surface area contributed by atoms with Crippen molar-refractivity contribution in [2.45, 2.75) is 50.8 Å². The lowest BCUT2D eigenvalue weighted by Crippen LogP contribution is -2.33. The molecule has 0 unspecified atom stereocenters. The summed E-state index contributed by atoms with van der Waals surface area (Å²) in [5.41, 5.74) is 2.44. The molecule has 6 heteroatoms. The number of carbonyl (C=O) groups is 1. The number of aryl methyl sites for hydroxylation is 3. The van der Waals surface area contributed by atoms with Crippen molar-refractivity contribution >= 4 is 39.2 Å². The number of thioether (sulfide) groups is 1. The molecule has 0 aliphatic carbocycles. The molecule has 0 saturated heterocycles. The van der Waals surface area contributed by atoms with Crippen LogP contribution in [-0.4, -0.2) is 27.7 Å². The van der Waals surface area contributed by atoms with Gasteiger partial charge in [0.1, 0.15) is 15.7 Å². The van der Waals surface area contributed by atoms with Crippen LogP contribution >= 0.6 is 23.1 Å². The third-order valence-electron chi connectivity index (χ3n) is 4.72. The Hall–Kier alpha value is -1.92. The molecule has 1 N–H and O–H groups in total. The Bertz CT molecular complexity index is 953. The van der Waals surface area contributed by atoms with E-state index in [0.717, 1.165) is 21.1 Å². The van der Waals surface area contributed by atoms with Crippen LogP contribution in [0.25, 0.3) is 10.2 Å². The number of hydrogen-bond acceptors (Lipinski definition) is 5. The van der Waals surface area contributed by atoms with Gasteiger partial charge in [-0.15, -0.1) is 11.3 Å². The molecular formula is C21H25N3OS2. The maximum Gasteiger partial charge on any atom is 0.233 e. The normalized spacial score (nSPS) is 13.5. The van der Waals surface area contributed by atoms with Crippen molar-refractivity contribution in [2.75, 3.05) is 6.54 Å². The lowest BCUT2D eigenvalue weighted by atomic mass is 10.0. The van der Waals surface area contributed by atoms with E-state index in [9.17, 15) is 4.79 Å². The molecule has 1 amide bonds. The van der Waals surface area contributed by atoms with Gasteiger partial charge in [-0.3, -0.25) is 4.79 Å². The fourth-order valence-electron chi connectivity index (χ4n) is 2.92. The smallest absolute Gasteiger partial charge is 0.233 e. The summed E-state index contributed by atoms with van der Waals surface area (Å²) in [6.45, 7) is 10.8. The number of thiophene rings is 1. The van der Waals surface area contributed by atoms with Gasteiger partial charge in [0.2, 0.25) is 5.91 Å². The Labute approximate surface area is 168 Å². The van der Waals surface area contributed by atoms with E-state index < -0.39 is 0 Å². The molecule has 2 heterocycles. The summed E-state index contributed by atoms with van der Waals surface area (Å²) in [5.74, 6) is 1.07. The number of carbonyl (C=O) groups excluding carboxylic acids is 1. The van der Waals surface area contributed by atoms with E-state index in [4.69, 9.17) is 0 Å². The molecule has 3 aromatic rings. The van der Waals surface area contributed by atoms with Crippen molar-refractivity contribution in [3.8, 4) is 0 Å². The van der Waals surface area contributed by atoms with Gasteiger partial charge < -0.3 is 5.32 Å². The first kappa shape index (κ1) is 19.8. The van der Waals surface area contributed by atoms with Crippen LogP contribution < -0.4 is 5.32 Å². The van der Waals surface area contributed by atoms with Crippen molar-refractivity contribution in [2.24, 2.45) is 0 Å². The van der Waals surface area contributed by atoms with Crippen LogP contribution in [0.15, 0.2) is 35.4 Å². The predicted molar refractivity (Wildman–Crippen MR) is 115 cm³/mol. The number of fused-ring (bicyclic) bond motifs is 1. The van der Waals surface area contributed by atoms with Gasteiger partial charge in [0, 0.05) is 16.8 Å².